The third-order valence-electron chi connectivity index (χ3n) is 5.21. The predicted molar refractivity (Wildman–Crippen MR) is 122 cm³/mol. The number of carbonyl (C=O) groups is 1. The summed E-state index contributed by atoms with van der Waals surface area (Å²) in [5.41, 5.74) is 0.226. The molecule has 0 aliphatic carbocycles. The number of benzene rings is 1. The molecular weight excluding hydrogens is 510 g/mol. The molecule has 1 atom stereocenters. The maximum Gasteiger partial charge on any atom is 0.233 e. The van der Waals surface area contributed by atoms with E-state index in [4.69, 9.17) is 16.3 Å². The molecule has 1 saturated heterocycles. The van der Waals surface area contributed by atoms with E-state index in [1.54, 1.807) is 9.58 Å². The molecule has 1 aromatic carbocycles. The summed E-state index contributed by atoms with van der Waals surface area (Å²) < 4.78 is 35.5. The fourth-order valence-electron chi connectivity index (χ4n) is 3.45. The highest BCUT2D eigenvalue weighted by atomic mass is 79.9. The third kappa shape index (κ3) is 6.12. The van der Waals surface area contributed by atoms with Crippen LogP contribution in [-0.4, -0.2) is 41.9 Å². The first-order valence-electron chi connectivity index (χ1n) is 10.2. The van der Waals surface area contributed by atoms with Gasteiger partial charge in [-0.2, -0.15) is 24.6 Å². The minimum Gasteiger partial charge on any atom is -0.362 e. The van der Waals surface area contributed by atoms with E-state index < -0.39 is 30.6 Å². The van der Waals surface area contributed by atoms with Crippen molar-refractivity contribution in [2.45, 2.75) is 51.7 Å². The Morgan fingerprint density at radius 3 is 2.77 bits per heavy atom. The SMILES string of the molecule is C[Si-](C)(C)CCOCn1nc(Br)nc1N1CCCC(Cc2ccc(F)c(Cl)c2F)C1=O. The molecule has 0 saturated carbocycles. The first-order chi connectivity index (χ1) is 14.6. The smallest absolute Gasteiger partial charge is 0.233 e. The predicted octanol–water partition coefficient (Wildman–Crippen LogP) is 5.27. The van der Waals surface area contributed by atoms with Crippen LogP contribution in [-0.2, 0) is 22.7 Å². The second-order valence-electron chi connectivity index (χ2n) is 8.90. The van der Waals surface area contributed by atoms with Crippen molar-refractivity contribution in [1.82, 2.24) is 14.8 Å². The maximum atomic E-state index is 14.3. The van der Waals surface area contributed by atoms with Crippen LogP contribution < -0.4 is 4.90 Å². The second-order valence-corrected chi connectivity index (χ2v) is 15.6. The van der Waals surface area contributed by atoms with Crippen LogP contribution in [0.25, 0.3) is 0 Å². The van der Waals surface area contributed by atoms with Crippen molar-refractivity contribution in [2.24, 2.45) is 5.92 Å². The molecule has 1 amide bonds. The first-order valence-corrected chi connectivity index (χ1v) is 15.1. The minimum absolute atomic E-state index is 0.142. The second kappa shape index (κ2) is 10.1. The van der Waals surface area contributed by atoms with E-state index in [0.29, 0.717) is 30.3 Å². The summed E-state index contributed by atoms with van der Waals surface area (Å²) in [4.78, 5) is 19.1. The Kier molecular flexibility index (Phi) is 7.88. The quantitative estimate of drug-likeness (QED) is 0.262. The Morgan fingerprint density at radius 2 is 2.06 bits per heavy atom. The molecule has 0 bridgehead atoms. The normalized spacial score (nSPS) is 17.5. The number of halogens is 4. The van der Waals surface area contributed by atoms with Gasteiger partial charge in [-0.3, -0.25) is 9.69 Å². The Morgan fingerprint density at radius 1 is 1.32 bits per heavy atom. The van der Waals surface area contributed by atoms with E-state index in [0.717, 1.165) is 18.5 Å². The molecule has 1 fully saturated rings. The van der Waals surface area contributed by atoms with Gasteiger partial charge >= 0.3 is 0 Å². The molecule has 6 nitrogen and oxygen atoms in total. The van der Waals surface area contributed by atoms with Gasteiger partial charge in [0.05, 0.1) is 0 Å². The first kappa shape index (κ1) is 24.3. The molecule has 1 aliphatic rings. The molecular formula is C20H26BrClF2N4O2Si-. The van der Waals surface area contributed by atoms with Gasteiger partial charge in [0, 0.05) is 19.1 Å². The Balaban J connectivity index is 1.72. The van der Waals surface area contributed by atoms with Crippen molar-refractivity contribution >= 4 is 47.5 Å². The molecule has 1 aromatic heterocycles. The van der Waals surface area contributed by atoms with Crippen LogP contribution in [0.3, 0.4) is 0 Å². The lowest BCUT2D eigenvalue weighted by Crippen LogP contribution is -2.43. The highest BCUT2D eigenvalue weighted by molar-refractivity contribution is 9.10. The molecule has 171 valence electrons. The van der Waals surface area contributed by atoms with E-state index in [9.17, 15) is 13.6 Å². The molecule has 11 heteroatoms. The lowest BCUT2D eigenvalue weighted by molar-refractivity contribution is -0.123. The zero-order valence-electron chi connectivity index (χ0n) is 17.8. The summed E-state index contributed by atoms with van der Waals surface area (Å²) >= 11 is 8.96. The zero-order valence-corrected chi connectivity index (χ0v) is 21.1. The molecule has 2 heterocycles. The Labute approximate surface area is 195 Å². The molecule has 0 radical (unpaired) electrons. The van der Waals surface area contributed by atoms with Gasteiger partial charge in [-0.25, -0.2) is 13.5 Å². The molecule has 3 rings (SSSR count). The topological polar surface area (TPSA) is 60.2 Å². The van der Waals surface area contributed by atoms with Gasteiger partial charge in [0.1, 0.15) is 23.4 Å². The number of piperidine rings is 1. The average Bonchev–Trinajstić information content (AvgIpc) is 3.06. The highest BCUT2D eigenvalue weighted by Gasteiger charge is 2.33. The lowest BCUT2D eigenvalue weighted by Gasteiger charge is -2.31. The van der Waals surface area contributed by atoms with Crippen molar-refractivity contribution < 1.29 is 18.3 Å². The number of hydrogen-bond donors (Lipinski definition) is 0. The van der Waals surface area contributed by atoms with Gasteiger partial charge in [0.15, 0.2) is 0 Å². The number of ether oxygens (including phenoxy) is 1. The molecule has 2 aromatic rings. The number of aromatic nitrogens is 3. The van der Waals surface area contributed by atoms with Gasteiger partial charge < -0.3 is 4.74 Å². The van der Waals surface area contributed by atoms with Crippen LogP contribution in [0.15, 0.2) is 16.9 Å². The van der Waals surface area contributed by atoms with Crippen LogP contribution in [0.1, 0.15) is 18.4 Å². The fourth-order valence-corrected chi connectivity index (χ4v) is 4.74. The average molecular weight is 536 g/mol. The van der Waals surface area contributed by atoms with Crippen LogP contribution in [0, 0.1) is 17.6 Å². The number of anilines is 1. The van der Waals surface area contributed by atoms with Crippen molar-refractivity contribution in [3.05, 3.63) is 39.1 Å². The van der Waals surface area contributed by atoms with Crippen molar-refractivity contribution in [3.63, 3.8) is 0 Å². The van der Waals surface area contributed by atoms with Crippen LogP contribution in [0.2, 0.25) is 30.7 Å². The molecule has 0 spiro atoms. The minimum atomic E-state index is -1.21. The van der Waals surface area contributed by atoms with Crippen molar-refractivity contribution in [1.29, 1.82) is 0 Å². The fraction of sp³-hybridized carbons (Fsp3) is 0.550. The van der Waals surface area contributed by atoms with Crippen LogP contribution >= 0.6 is 27.5 Å². The highest BCUT2D eigenvalue weighted by Crippen LogP contribution is 2.29. The van der Waals surface area contributed by atoms with E-state index in [2.05, 4.69) is 45.7 Å². The number of rotatable bonds is 8. The summed E-state index contributed by atoms with van der Waals surface area (Å²) in [5.74, 6) is -1.86. The van der Waals surface area contributed by atoms with Crippen molar-refractivity contribution in [3.8, 4) is 0 Å². The Bertz CT molecular complexity index is 954. The molecule has 1 aliphatic heterocycles. The van der Waals surface area contributed by atoms with Gasteiger partial charge in [0.25, 0.3) is 0 Å². The summed E-state index contributed by atoms with van der Waals surface area (Å²) in [7, 11) is -1.21. The van der Waals surface area contributed by atoms with E-state index in [-0.39, 0.29) is 24.6 Å². The van der Waals surface area contributed by atoms with E-state index in [1.165, 1.54) is 6.07 Å². The number of hydrogen-bond acceptors (Lipinski definition) is 4. The van der Waals surface area contributed by atoms with Gasteiger partial charge in [-0.15, -0.1) is 19.2 Å². The molecule has 0 N–H and O–H groups in total. The van der Waals surface area contributed by atoms with Crippen LogP contribution in [0.4, 0.5) is 14.7 Å². The van der Waals surface area contributed by atoms with Gasteiger partial charge in [0.2, 0.25) is 16.6 Å². The summed E-state index contributed by atoms with van der Waals surface area (Å²) in [6.07, 6.45) is 1.48. The number of amides is 1. The lowest BCUT2D eigenvalue weighted by atomic mass is 9.90. The van der Waals surface area contributed by atoms with E-state index in [1.807, 2.05) is 0 Å². The third-order valence-corrected chi connectivity index (χ3v) is 7.60. The van der Waals surface area contributed by atoms with E-state index >= 15 is 0 Å². The van der Waals surface area contributed by atoms with Crippen molar-refractivity contribution in [2.75, 3.05) is 18.1 Å². The summed E-state index contributed by atoms with van der Waals surface area (Å²) in [5, 5.41) is 3.75. The number of nitrogens with zero attached hydrogens (tertiary/aromatic N) is 4. The monoisotopic (exact) mass is 534 g/mol. The molecule has 1 unspecified atom stereocenters. The standard InChI is InChI=1S/C20H26BrClF2N4O2Si/c1-31(2,3)10-9-30-12-28-20(25-19(21)26-28)27-8-4-5-14(18(27)29)11-13-6-7-15(23)16(22)17(13)24/h6-7,14H,4-5,8-12H2,1-3H3/q-1. The largest absolute Gasteiger partial charge is 0.362 e. The van der Waals surface area contributed by atoms with Crippen LogP contribution in [0.5, 0.6) is 0 Å². The zero-order chi connectivity index (χ0) is 22.8. The van der Waals surface area contributed by atoms with Gasteiger partial charge in [-0.1, -0.05) is 17.7 Å². The van der Waals surface area contributed by atoms with Gasteiger partial charge in [-0.05, 0) is 46.8 Å². The summed E-state index contributed by atoms with van der Waals surface area (Å²) in [6, 6.07) is 3.49. The summed E-state index contributed by atoms with van der Waals surface area (Å²) in [6.45, 7) is 8.12. The maximum absolute atomic E-state index is 14.3. The Hall–Kier alpha value is -1.36. The molecule has 31 heavy (non-hydrogen) atoms. The number of carbonyl (C=O) groups excluding carboxylic acids is 1.